The first-order valence-electron chi connectivity index (χ1n) is 9.42. The molecule has 0 saturated heterocycles. The van der Waals surface area contributed by atoms with Crippen molar-refractivity contribution in [3.63, 3.8) is 0 Å². The molecule has 0 saturated carbocycles. The number of carbonyl (C=O) groups is 1. The quantitative estimate of drug-likeness (QED) is 0.523. The van der Waals surface area contributed by atoms with Gasteiger partial charge in [-0.25, -0.2) is 4.98 Å². The number of hydrogen-bond acceptors (Lipinski definition) is 3. The molecule has 3 heterocycles. The minimum absolute atomic E-state index is 0.0425. The topological polar surface area (TPSA) is 46.9 Å². The van der Waals surface area contributed by atoms with Crippen molar-refractivity contribution in [2.24, 2.45) is 0 Å². The molecule has 0 fully saturated rings. The second-order valence-corrected chi connectivity index (χ2v) is 8.02. The van der Waals surface area contributed by atoms with Gasteiger partial charge in [0.1, 0.15) is 9.71 Å². The molecule has 0 aliphatic carbocycles. The highest BCUT2D eigenvalue weighted by molar-refractivity contribution is 7.21. The molecule has 4 rings (SSSR count). The van der Waals surface area contributed by atoms with Crippen LogP contribution in [0.3, 0.4) is 0 Å². The van der Waals surface area contributed by atoms with E-state index in [0.29, 0.717) is 11.4 Å². The first-order valence-corrected chi connectivity index (χ1v) is 10.2. The number of amides is 1. The Kier molecular flexibility index (Phi) is 5.01. The number of nitrogens with one attached hydrogen (secondary N) is 1. The molecule has 28 heavy (non-hydrogen) atoms. The molecule has 5 heteroatoms. The van der Waals surface area contributed by atoms with Crippen molar-refractivity contribution in [3.05, 3.63) is 82.1 Å². The fourth-order valence-corrected chi connectivity index (χ4v) is 4.64. The Morgan fingerprint density at radius 2 is 1.79 bits per heavy atom. The zero-order valence-electron chi connectivity index (χ0n) is 16.3. The van der Waals surface area contributed by atoms with Crippen LogP contribution >= 0.6 is 11.3 Å². The summed E-state index contributed by atoms with van der Waals surface area (Å²) in [4.78, 5) is 19.2. The van der Waals surface area contributed by atoms with Crippen LogP contribution in [0.25, 0.3) is 15.9 Å². The van der Waals surface area contributed by atoms with Crippen LogP contribution in [-0.2, 0) is 6.42 Å². The Balaban J connectivity index is 1.66. The highest BCUT2D eigenvalue weighted by Crippen LogP contribution is 2.34. The average molecular weight is 390 g/mol. The molecular weight excluding hydrogens is 366 g/mol. The molecule has 0 radical (unpaired) electrons. The number of benzene rings is 1. The zero-order chi connectivity index (χ0) is 19.7. The normalized spacial score (nSPS) is 11.1. The van der Waals surface area contributed by atoms with Crippen LogP contribution in [0.4, 0.5) is 0 Å². The van der Waals surface area contributed by atoms with Gasteiger partial charge in [-0.1, -0.05) is 24.3 Å². The van der Waals surface area contributed by atoms with Gasteiger partial charge < -0.3 is 9.88 Å². The van der Waals surface area contributed by atoms with Gasteiger partial charge >= 0.3 is 0 Å². The van der Waals surface area contributed by atoms with E-state index in [-0.39, 0.29) is 5.91 Å². The summed E-state index contributed by atoms with van der Waals surface area (Å²) in [6.07, 6.45) is 2.59. The van der Waals surface area contributed by atoms with Gasteiger partial charge in [-0.05, 0) is 62.6 Å². The molecule has 0 bridgehead atoms. The van der Waals surface area contributed by atoms with Crippen LogP contribution < -0.4 is 5.32 Å². The van der Waals surface area contributed by atoms with Gasteiger partial charge in [0.05, 0.1) is 5.69 Å². The summed E-state index contributed by atoms with van der Waals surface area (Å²) in [7, 11) is 0. The Morgan fingerprint density at radius 3 is 2.54 bits per heavy atom. The summed E-state index contributed by atoms with van der Waals surface area (Å²) in [5, 5.41) is 4.12. The highest BCUT2D eigenvalue weighted by Gasteiger charge is 2.22. The second-order valence-electron chi connectivity index (χ2n) is 7.02. The maximum atomic E-state index is 13.1. The standard InChI is InChI=1S/C23H23N3OS/c1-15-7-4-5-8-18(15)12-14-24-22(27)21-20(26-16(2)10-11-17(26)3)19-9-6-13-25-23(19)28-21/h4-11,13H,12,14H2,1-3H3,(H,24,27). The lowest BCUT2D eigenvalue weighted by atomic mass is 10.1. The average Bonchev–Trinajstić information content (AvgIpc) is 3.22. The van der Waals surface area contributed by atoms with E-state index in [4.69, 9.17) is 0 Å². The van der Waals surface area contributed by atoms with E-state index < -0.39 is 0 Å². The Labute approximate surface area is 168 Å². The zero-order valence-corrected chi connectivity index (χ0v) is 17.1. The molecule has 4 nitrogen and oxygen atoms in total. The molecule has 0 spiro atoms. The van der Waals surface area contributed by atoms with Crippen molar-refractivity contribution in [2.45, 2.75) is 27.2 Å². The molecule has 0 aliphatic heterocycles. The third kappa shape index (κ3) is 3.34. The van der Waals surface area contributed by atoms with Gasteiger partial charge in [0, 0.05) is 29.5 Å². The lowest BCUT2D eigenvalue weighted by molar-refractivity contribution is 0.0958. The molecule has 4 aromatic rings. The predicted molar refractivity (Wildman–Crippen MR) is 116 cm³/mol. The van der Waals surface area contributed by atoms with E-state index in [1.54, 1.807) is 6.20 Å². The van der Waals surface area contributed by atoms with Crippen LogP contribution in [0.15, 0.2) is 54.7 Å². The van der Waals surface area contributed by atoms with E-state index in [9.17, 15) is 4.79 Å². The van der Waals surface area contributed by atoms with E-state index in [1.165, 1.54) is 22.5 Å². The Morgan fingerprint density at radius 1 is 1.04 bits per heavy atom. The first-order chi connectivity index (χ1) is 13.6. The number of thiophene rings is 1. The van der Waals surface area contributed by atoms with E-state index in [0.717, 1.165) is 33.7 Å². The molecule has 1 aromatic carbocycles. The van der Waals surface area contributed by atoms with E-state index in [2.05, 4.69) is 59.9 Å². The molecule has 0 atom stereocenters. The monoisotopic (exact) mass is 389 g/mol. The number of aryl methyl sites for hydroxylation is 3. The predicted octanol–water partition coefficient (Wildman–Crippen LogP) is 4.98. The maximum absolute atomic E-state index is 13.1. The molecule has 1 amide bonds. The molecule has 0 aliphatic rings. The van der Waals surface area contributed by atoms with E-state index >= 15 is 0 Å². The lowest BCUT2D eigenvalue weighted by Crippen LogP contribution is -2.26. The maximum Gasteiger partial charge on any atom is 0.263 e. The summed E-state index contributed by atoms with van der Waals surface area (Å²) < 4.78 is 2.15. The minimum Gasteiger partial charge on any atom is -0.351 e. The van der Waals surface area contributed by atoms with Gasteiger partial charge in [0.2, 0.25) is 0 Å². The third-order valence-electron chi connectivity index (χ3n) is 5.08. The van der Waals surface area contributed by atoms with Crippen LogP contribution in [0.1, 0.15) is 32.2 Å². The SMILES string of the molecule is Cc1ccccc1CCNC(=O)c1sc2ncccc2c1-n1c(C)ccc1C. The van der Waals surface area contributed by atoms with Crippen LogP contribution in [0.2, 0.25) is 0 Å². The number of nitrogens with zero attached hydrogens (tertiary/aromatic N) is 2. The third-order valence-corrected chi connectivity index (χ3v) is 6.18. The van der Waals surface area contributed by atoms with Crippen molar-refractivity contribution in [1.82, 2.24) is 14.9 Å². The van der Waals surface area contributed by atoms with Crippen LogP contribution in [-0.4, -0.2) is 22.0 Å². The van der Waals surface area contributed by atoms with Crippen molar-refractivity contribution >= 4 is 27.5 Å². The minimum atomic E-state index is -0.0425. The van der Waals surface area contributed by atoms with Gasteiger partial charge in [0.25, 0.3) is 5.91 Å². The number of carbonyl (C=O) groups excluding carboxylic acids is 1. The molecular formula is C23H23N3OS. The first kappa shape index (κ1) is 18.4. The molecule has 1 N–H and O–H groups in total. The Bertz CT molecular complexity index is 1140. The van der Waals surface area contributed by atoms with Gasteiger partial charge in [-0.2, -0.15) is 0 Å². The smallest absolute Gasteiger partial charge is 0.263 e. The fraction of sp³-hybridized carbons (Fsp3) is 0.217. The summed E-state index contributed by atoms with van der Waals surface area (Å²) in [5.74, 6) is -0.0425. The number of aromatic nitrogens is 2. The van der Waals surface area contributed by atoms with Crippen molar-refractivity contribution in [3.8, 4) is 5.69 Å². The number of rotatable bonds is 5. The van der Waals surface area contributed by atoms with Gasteiger partial charge in [-0.3, -0.25) is 4.79 Å². The molecule has 142 valence electrons. The van der Waals surface area contributed by atoms with E-state index in [1.807, 2.05) is 24.3 Å². The van der Waals surface area contributed by atoms with Crippen molar-refractivity contribution < 1.29 is 4.79 Å². The molecule has 3 aromatic heterocycles. The highest BCUT2D eigenvalue weighted by atomic mass is 32.1. The van der Waals surface area contributed by atoms with Crippen LogP contribution in [0.5, 0.6) is 0 Å². The largest absolute Gasteiger partial charge is 0.351 e. The van der Waals surface area contributed by atoms with Gasteiger partial charge in [0.15, 0.2) is 0 Å². The lowest BCUT2D eigenvalue weighted by Gasteiger charge is -2.12. The summed E-state index contributed by atoms with van der Waals surface area (Å²) >= 11 is 1.45. The Hall–Kier alpha value is -2.92. The summed E-state index contributed by atoms with van der Waals surface area (Å²) in [5.41, 5.74) is 5.66. The molecule has 0 unspecified atom stereocenters. The van der Waals surface area contributed by atoms with Crippen molar-refractivity contribution in [1.29, 1.82) is 0 Å². The number of fused-ring (bicyclic) bond motifs is 1. The van der Waals surface area contributed by atoms with Gasteiger partial charge in [-0.15, -0.1) is 11.3 Å². The number of pyridine rings is 1. The fourth-order valence-electron chi connectivity index (χ4n) is 3.60. The van der Waals surface area contributed by atoms with Crippen molar-refractivity contribution in [2.75, 3.05) is 6.54 Å². The number of hydrogen-bond donors (Lipinski definition) is 1. The summed E-state index contributed by atoms with van der Waals surface area (Å²) in [6.45, 7) is 6.83. The second kappa shape index (κ2) is 7.60. The van der Waals surface area contributed by atoms with Crippen LogP contribution in [0, 0.1) is 20.8 Å². The summed E-state index contributed by atoms with van der Waals surface area (Å²) in [6, 6.07) is 16.4.